The van der Waals surface area contributed by atoms with E-state index in [1.165, 1.54) is 0 Å². The van der Waals surface area contributed by atoms with Crippen LogP contribution in [0.15, 0.2) is 34.3 Å². The molecule has 15 heavy (non-hydrogen) atoms. The molecule has 1 aromatic carbocycles. The summed E-state index contributed by atoms with van der Waals surface area (Å²) in [4.78, 5) is 10.4. The molecule has 0 saturated heterocycles. The zero-order valence-corrected chi connectivity index (χ0v) is 9.57. The quantitative estimate of drug-likeness (QED) is 0.547. The highest BCUT2D eigenvalue weighted by molar-refractivity contribution is 6.02. The minimum Gasteiger partial charge on any atom is -0.362 e. The summed E-state index contributed by atoms with van der Waals surface area (Å²) in [5.74, 6) is 0.945. The fraction of sp³-hybridized carbons (Fsp3) is 0.333. The molecular formula is C12H17N3. The van der Waals surface area contributed by atoms with E-state index in [0.717, 1.165) is 23.6 Å². The van der Waals surface area contributed by atoms with E-state index in [4.69, 9.17) is 0 Å². The van der Waals surface area contributed by atoms with Crippen molar-refractivity contribution in [3.63, 3.8) is 0 Å². The van der Waals surface area contributed by atoms with Crippen molar-refractivity contribution in [3.05, 3.63) is 29.8 Å². The van der Waals surface area contributed by atoms with Gasteiger partial charge in [0.2, 0.25) is 0 Å². The van der Waals surface area contributed by atoms with E-state index in [-0.39, 0.29) is 0 Å². The number of hydrogen-bond donors (Lipinski definition) is 0. The van der Waals surface area contributed by atoms with E-state index >= 15 is 0 Å². The first-order valence-electron chi connectivity index (χ1n) is 4.98. The smallest absolute Gasteiger partial charge is 0.132 e. The summed E-state index contributed by atoms with van der Waals surface area (Å²) in [6.45, 7) is 6.35. The Kier molecular flexibility index (Phi) is 4.03. The minimum absolute atomic E-state index is 0.763. The zero-order valence-electron chi connectivity index (χ0n) is 9.57. The lowest BCUT2D eigenvalue weighted by atomic mass is 10.1. The predicted molar refractivity (Wildman–Crippen MR) is 66.4 cm³/mol. The summed E-state index contributed by atoms with van der Waals surface area (Å²) < 4.78 is 0. The van der Waals surface area contributed by atoms with Crippen molar-refractivity contribution >= 4 is 18.2 Å². The van der Waals surface area contributed by atoms with Crippen LogP contribution in [0.4, 0.5) is 5.69 Å². The lowest BCUT2D eigenvalue weighted by Crippen LogP contribution is -2.23. The molecule has 0 aliphatic rings. The normalized spacial score (nSPS) is 11.3. The van der Waals surface area contributed by atoms with Gasteiger partial charge in [-0.2, -0.15) is 0 Å². The molecule has 0 atom stereocenters. The Morgan fingerprint density at radius 3 is 2.53 bits per heavy atom. The lowest BCUT2D eigenvalue weighted by molar-refractivity contribution is 0.620. The van der Waals surface area contributed by atoms with Crippen molar-refractivity contribution in [2.75, 3.05) is 20.6 Å². The third kappa shape index (κ3) is 2.65. The fourth-order valence-corrected chi connectivity index (χ4v) is 1.42. The Morgan fingerprint density at radius 2 is 2.00 bits per heavy atom. The second kappa shape index (κ2) is 5.29. The summed E-state index contributed by atoms with van der Waals surface area (Å²) in [7, 11) is 3.96. The Labute approximate surface area is 91.2 Å². The average molecular weight is 203 g/mol. The van der Waals surface area contributed by atoms with Gasteiger partial charge >= 0.3 is 0 Å². The lowest BCUT2D eigenvalue weighted by Gasteiger charge is -2.17. The molecule has 0 unspecified atom stereocenters. The van der Waals surface area contributed by atoms with Crippen LogP contribution in [-0.4, -0.2) is 38.1 Å². The van der Waals surface area contributed by atoms with Crippen molar-refractivity contribution in [2.24, 2.45) is 9.98 Å². The van der Waals surface area contributed by atoms with Crippen LogP contribution in [0.25, 0.3) is 0 Å². The standard InChI is InChI=1S/C12H17N3/c1-5-14-12(15(3)4)10-8-6-7-9-11(10)13-2/h6-9H,2,5H2,1,3-4H3. The summed E-state index contributed by atoms with van der Waals surface area (Å²) in [6, 6.07) is 7.89. The van der Waals surface area contributed by atoms with Crippen molar-refractivity contribution < 1.29 is 0 Å². The molecule has 0 spiro atoms. The monoisotopic (exact) mass is 203 g/mol. The molecule has 0 fully saturated rings. The van der Waals surface area contributed by atoms with Gasteiger partial charge in [-0.1, -0.05) is 12.1 Å². The fourth-order valence-electron chi connectivity index (χ4n) is 1.42. The molecule has 0 saturated carbocycles. The molecule has 0 radical (unpaired) electrons. The number of hydrogen-bond acceptors (Lipinski definition) is 2. The second-order valence-corrected chi connectivity index (χ2v) is 3.37. The van der Waals surface area contributed by atoms with E-state index in [1.807, 2.05) is 50.2 Å². The van der Waals surface area contributed by atoms with Crippen LogP contribution in [-0.2, 0) is 0 Å². The van der Waals surface area contributed by atoms with E-state index < -0.39 is 0 Å². The molecule has 0 amide bonds. The first-order valence-corrected chi connectivity index (χ1v) is 4.98. The van der Waals surface area contributed by atoms with Gasteiger partial charge in [-0.25, -0.2) is 0 Å². The minimum atomic E-state index is 0.763. The van der Waals surface area contributed by atoms with E-state index in [2.05, 4.69) is 16.7 Å². The number of amidine groups is 1. The van der Waals surface area contributed by atoms with Gasteiger partial charge in [-0.15, -0.1) is 0 Å². The van der Waals surface area contributed by atoms with Crippen LogP contribution < -0.4 is 0 Å². The maximum Gasteiger partial charge on any atom is 0.132 e. The van der Waals surface area contributed by atoms with Gasteiger partial charge in [0.15, 0.2) is 0 Å². The molecule has 0 aromatic heterocycles. The van der Waals surface area contributed by atoms with Crippen LogP contribution in [0.5, 0.6) is 0 Å². The van der Waals surface area contributed by atoms with Gasteiger partial charge in [0, 0.05) is 26.2 Å². The molecule has 0 aliphatic heterocycles. The second-order valence-electron chi connectivity index (χ2n) is 3.37. The highest BCUT2D eigenvalue weighted by atomic mass is 15.1. The third-order valence-corrected chi connectivity index (χ3v) is 2.05. The Hall–Kier alpha value is -1.64. The topological polar surface area (TPSA) is 28.0 Å². The zero-order chi connectivity index (χ0) is 11.3. The molecule has 0 N–H and O–H groups in total. The molecule has 0 heterocycles. The molecule has 1 aromatic rings. The highest BCUT2D eigenvalue weighted by Crippen LogP contribution is 2.19. The molecule has 0 bridgehead atoms. The van der Waals surface area contributed by atoms with Crippen LogP contribution >= 0.6 is 0 Å². The van der Waals surface area contributed by atoms with Gasteiger partial charge in [0.05, 0.1) is 5.69 Å². The number of rotatable bonds is 3. The summed E-state index contributed by atoms with van der Waals surface area (Å²) in [5, 5.41) is 0. The molecular weight excluding hydrogens is 186 g/mol. The highest BCUT2D eigenvalue weighted by Gasteiger charge is 2.08. The number of benzene rings is 1. The average Bonchev–Trinajstić information content (AvgIpc) is 2.25. The molecule has 3 nitrogen and oxygen atoms in total. The van der Waals surface area contributed by atoms with Gasteiger partial charge in [0.1, 0.15) is 5.84 Å². The number of aliphatic imine (C=N–C) groups is 2. The van der Waals surface area contributed by atoms with Gasteiger partial charge in [-0.3, -0.25) is 9.98 Å². The Balaban J connectivity index is 3.22. The van der Waals surface area contributed by atoms with Crippen LogP contribution in [0.2, 0.25) is 0 Å². The van der Waals surface area contributed by atoms with Crippen LogP contribution in [0, 0.1) is 0 Å². The number of nitrogens with zero attached hydrogens (tertiary/aromatic N) is 3. The maximum atomic E-state index is 4.46. The van der Waals surface area contributed by atoms with Gasteiger partial charge in [-0.05, 0) is 25.8 Å². The van der Waals surface area contributed by atoms with Gasteiger partial charge in [0.25, 0.3) is 0 Å². The van der Waals surface area contributed by atoms with Gasteiger partial charge < -0.3 is 4.90 Å². The first kappa shape index (κ1) is 11.4. The SMILES string of the molecule is C=Nc1ccccc1C(=NCC)N(C)C. The first-order chi connectivity index (χ1) is 7.20. The largest absolute Gasteiger partial charge is 0.362 e. The number of para-hydroxylation sites is 1. The van der Waals surface area contributed by atoms with Crippen molar-refractivity contribution in [1.82, 2.24) is 4.90 Å². The molecule has 0 aliphatic carbocycles. The summed E-state index contributed by atoms with van der Waals surface area (Å²) in [6.07, 6.45) is 0. The van der Waals surface area contributed by atoms with Crippen LogP contribution in [0.1, 0.15) is 12.5 Å². The predicted octanol–water partition coefficient (Wildman–Crippen LogP) is 2.35. The van der Waals surface area contributed by atoms with Crippen LogP contribution in [0.3, 0.4) is 0 Å². The van der Waals surface area contributed by atoms with Crippen molar-refractivity contribution in [3.8, 4) is 0 Å². The molecule has 3 heteroatoms. The van der Waals surface area contributed by atoms with E-state index in [9.17, 15) is 0 Å². The maximum absolute atomic E-state index is 4.46. The summed E-state index contributed by atoms with van der Waals surface area (Å²) >= 11 is 0. The molecule has 1 rings (SSSR count). The molecule has 80 valence electrons. The summed E-state index contributed by atoms with van der Waals surface area (Å²) in [5.41, 5.74) is 1.90. The Bertz CT molecular complexity index is 367. The third-order valence-electron chi connectivity index (χ3n) is 2.05. The van der Waals surface area contributed by atoms with Crippen molar-refractivity contribution in [2.45, 2.75) is 6.92 Å². The Morgan fingerprint density at radius 1 is 1.33 bits per heavy atom. The van der Waals surface area contributed by atoms with E-state index in [1.54, 1.807) is 0 Å². The van der Waals surface area contributed by atoms with E-state index in [0.29, 0.717) is 0 Å². The van der Waals surface area contributed by atoms with Crippen molar-refractivity contribution in [1.29, 1.82) is 0 Å².